The van der Waals surface area contributed by atoms with Gasteiger partial charge >= 0.3 is 12.1 Å². The second kappa shape index (κ2) is 29.5. The van der Waals surface area contributed by atoms with Crippen molar-refractivity contribution in [2.45, 2.75) is 104 Å². The summed E-state index contributed by atoms with van der Waals surface area (Å²) in [5, 5.41) is 8.85. The predicted molar refractivity (Wildman–Crippen MR) is 163 cm³/mol. The summed E-state index contributed by atoms with van der Waals surface area (Å²) in [4.78, 5) is 26.2. The molecule has 0 aromatic rings. The topological polar surface area (TPSA) is 104 Å². The minimum atomic E-state index is -0.721. The number of nitrogens with zero attached hydrogens (tertiary/aromatic N) is 1. The summed E-state index contributed by atoms with van der Waals surface area (Å²) >= 11 is 0. The van der Waals surface area contributed by atoms with Gasteiger partial charge in [0.2, 0.25) is 0 Å². The third-order valence-corrected chi connectivity index (χ3v) is 6.14. The Hall–Kier alpha value is -1.94. The van der Waals surface area contributed by atoms with Crippen LogP contribution in [-0.4, -0.2) is 88.2 Å². The SMILES string of the molecule is CC/C=C\CCCCOC(CCC(=O)OCC(C)COC(=O)OCCCN(C)CCCO)OCCCC/C=C\CC. The molecular formula is C32H59NO8. The van der Waals surface area contributed by atoms with Crippen LogP contribution in [0.25, 0.3) is 0 Å². The first-order valence-corrected chi connectivity index (χ1v) is 15.7. The molecule has 0 heterocycles. The van der Waals surface area contributed by atoms with Crippen molar-refractivity contribution in [1.82, 2.24) is 4.90 Å². The standard InChI is InChI=1S/C32H59NO8/c1-5-7-9-11-13-15-24-37-31(38-25-16-14-12-10-8-6-2)20-19-30(35)40-27-29(3)28-41-32(36)39-26-18-22-33(4)21-17-23-34/h7-10,29,31,34H,5-6,11-28H2,1-4H3/b9-7-,10-8-. The van der Waals surface area contributed by atoms with Crippen LogP contribution in [0.1, 0.15) is 97.8 Å². The fourth-order valence-corrected chi connectivity index (χ4v) is 3.73. The Bertz CT molecular complexity index is 646. The Balaban J connectivity index is 4.20. The van der Waals surface area contributed by atoms with E-state index in [1.54, 1.807) is 0 Å². The van der Waals surface area contributed by atoms with Crippen LogP contribution >= 0.6 is 0 Å². The maximum atomic E-state index is 12.3. The molecule has 240 valence electrons. The van der Waals surface area contributed by atoms with Gasteiger partial charge in [0.1, 0.15) is 6.61 Å². The molecule has 0 saturated heterocycles. The zero-order chi connectivity index (χ0) is 30.4. The summed E-state index contributed by atoms with van der Waals surface area (Å²) in [6, 6.07) is 0. The predicted octanol–water partition coefficient (Wildman–Crippen LogP) is 6.44. The average molecular weight is 586 g/mol. The van der Waals surface area contributed by atoms with E-state index >= 15 is 0 Å². The first-order valence-electron chi connectivity index (χ1n) is 15.7. The number of carbonyl (C=O) groups excluding carboxylic acids is 2. The Morgan fingerprint density at radius 1 is 0.756 bits per heavy atom. The van der Waals surface area contributed by atoms with Gasteiger partial charge in [0, 0.05) is 45.2 Å². The molecule has 0 radical (unpaired) electrons. The van der Waals surface area contributed by atoms with Crippen LogP contribution in [-0.2, 0) is 28.5 Å². The lowest BCUT2D eigenvalue weighted by atomic mass is 10.2. The zero-order valence-electron chi connectivity index (χ0n) is 26.4. The van der Waals surface area contributed by atoms with Gasteiger partial charge in [0.25, 0.3) is 0 Å². The van der Waals surface area contributed by atoms with Gasteiger partial charge in [0.15, 0.2) is 6.29 Å². The second-order valence-electron chi connectivity index (χ2n) is 10.4. The summed E-state index contributed by atoms with van der Waals surface area (Å²) in [6.45, 7) is 9.57. The molecule has 0 amide bonds. The summed E-state index contributed by atoms with van der Waals surface area (Å²) < 4.78 is 27.5. The summed E-state index contributed by atoms with van der Waals surface area (Å²) in [5.74, 6) is -0.473. The number of aliphatic hydroxyl groups excluding tert-OH is 1. The van der Waals surface area contributed by atoms with Crippen LogP contribution in [0.5, 0.6) is 0 Å². The lowest BCUT2D eigenvalue weighted by molar-refractivity contribution is -0.160. The summed E-state index contributed by atoms with van der Waals surface area (Å²) in [5.41, 5.74) is 0. The number of ether oxygens (including phenoxy) is 5. The molecule has 0 aromatic heterocycles. The third-order valence-electron chi connectivity index (χ3n) is 6.14. The van der Waals surface area contributed by atoms with E-state index in [1.807, 2.05) is 14.0 Å². The molecule has 0 aliphatic rings. The molecule has 9 heteroatoms. The molecule has 0 rings (SSSR count). The molecule has 1 atom stereocenters. The number of allylic oxidation sites excluding steroid dienone is 4. The van der Waals surface area contributed by atoms with E-state index in [0.29, 0.717) is 26.1 Å². The molecule has 1 N–H and O–H groups in total. The van der Waals surface area contributed by atoms with Crippen molar-refractivity contribution in [3.8, 4) is 0 Å². The van der Waals surface area contributed by atoms with Crippen molar-refractivity contribution >= 4 is 12.1 Å². The van der Waals surface area contributed by atoms with Crippen LogP contribution in [0.2, 0.25) is 0 Å². The number of hydrogen-bond donors (Lipinski definition) is 1. The van der Waals surface area contributed by atoms with E-state index in [2.05, 4.69) is 43.1 Å². The Kier molecular flexibility index (Phi) is 28.2. The van der Waals surface area contributed by atoms with E-state index in [1.165, 1.54) is 0 Å². The maximum absolute atomic E-state index is 12.3. The van der Waals surface area contributed by atoms with Crippen molar-refractivity contribution in [1.29, 1.82) is 0 Å². The van der Waals surface area contributed by atoms with Crippen LogP contribution < -0.4 is 0 Å². The van der Waals surface area contributed by atoms with Crippen LogP contribution in [0.3, 0.4) is 0 Å². The number of rotatable bonds is 28. The van der Waals surface area contributed by atoms with Crippen molar-refractivity contribution in [2.75, 3.05) is 59.8 Å². The number of unbranched alkanes of at least 4 members (excludes halogenated alkanes) is 4. The van der Waals surface area contributed by atoms with Gasteiger partial charge in [-0.05, 0) is 71.3 Å². The Morgan fingerprint density at radius 3 is 1.93 bits per heavy atom. The third kappa shape index (κ3) is 28.0. The van der Waals surface area contributed by atoms with E-state index in [-0.39, 0.29) is 44.7 Å². The minimum absolute atomic E-state index is 0.109. The fourth-order valence-electron chi connectivity index (χ4n) is 3.73. The van der Waals surface area contributed by atoms with Gasteiger partial charge < -0.3 is 33.7 Å². The van der Waals surface area contributed by atoms with Crippen molar-refractivity contribution < 1.29 is 38.4 Å². The highest BCUT2D eigenvalue weighted by atomic mass is 16.7. The summed E-state index contributed by atoms with van der Waals surface area (Å²) in [6.07, 6.45) is 17.9. The summed E-state index contributed by atoms with van der Waals surface area (Å²) in [7, 11) is 1.96. The number of carbonyl (C=O) groups is 2. The smallest absolute Gasteiger partial charge is 0.465 e. The lowest BCUT2D eigenvalue weighted by Crippen LogP contribution is -2.24. The fraction of sp³-hybridized carbons (Fsp3) is 0.812. The monoisotopic (exact) mass is 585 g/mol. The molecular weight excluding hydrogens is 526 g/mol. The highest BCUT2D eigenvalue weighted by molar-refractivity contribution is 5.69. The molecule has 0 aromatic carbocycles. The lowest BCUT2D eigenvalue weighted by Gasteiger charge is -2.19. The molecule has 1 unspecified atom stereocenters. The van der Waals surface area contributed by atoms with Gasteiger partial charge in [0.05, 0.1) is 19.6 Å². The normalized spacial score (nSPS) is 12.6. The Morgan fingerprint density at radius 2 is 1.34 bits per heavy atom. The van der Waals surface area contributed by atoms with Gasteiger partial charge in [-0.25, -0.2) is 4.79 Å². The molecule has 0 aliphatic carbocycles. The highest BCUT2D eigenvalue weighted by Gasteiger charge is 2.15. The van der Waals surface area contributed by atoms with Crippen molar-refractivity contribution in [3.63, 3.8) is 0 Å². The van der Waals surface area contributed by atoms with Crippen LogP contribution in [0, 0.1) is 5.92 Å². The largest absolute Gasteiger partial charge is 0.508 e. The second-order valence-corrected chi connectivity index (χ2v) is 10.4. The molecule has 0 spiro atoms. The van der Waals surface area contributed by atoms with Crippen LogP contribution in [0.15, 0.2) is 24.3 Å². The first-order chi connectivity index (χ1) is 19.9. The quantitative estimate of drug-likeness (QED) is 0.0481. The number of aliphatic hydroxyl groups is 1. The maximum Gasteiger partial charge on any atom is 0.508 e. The van der Waals surface area contributed by atoms with Crippen LogP contribution in [0.4, 0.5) is 4.79 Å². The number of esters is 1. The molecule has 0 saturated carbocycles. The average Bonchev–Trinajstić information content (AvgIpc) is 2.97. The molecule has 0 fully saturated rings. The van der Waals surface area contributed by atoms with Crippen molar-refractivity contribution in [2.24, 2.45) is 5.92 Å². The minimum Gasteiger partial charge on any atom is -0.465 e. The number of hydrogen-bond acceptors (Lipinski definition) is 9. The molecule has 9 nitrogen and oxygen atoms in total. The Labute approximate surface area is 249 Å². The van der Waals surface area contributed by atoms with E-state index in [0.717, 1.165) is 70.9 Å². The van der Waals surface area contributed by atoms with E-state index < -0.39 is 12.4 Å². The van der Waals surface area contributed by atoms with Crippen molar-refractivity contribution in [3.05, 3.63) is 24.3 Å². The van der Waals surface area contributed by atoms with E-state index in [9.17, 15) is 9.59 Å². The zero-order valence-corrected chi connectivity index (χ0v) is 26.4. The van der Waals surface area contributed by atoms with Gasteiger partial charge in [-0.15, -0.1) is 0 Å². The van der Waals surface area contributed by atoms with Gasteiger partial charge in [-0.1, -0.05) is 45.1 Å². The highest BCUT2D eigenvalue weighted by Crippen LogP contribution is 2.11. The molecule has 41 heavy (non-hydrogen) atoms. The molecule has 0 bridgehead atoms. The first kappa shape index (κ1) is 39.1. The van der Waals surface area contributed by atoms with E-state index in [4.69, 9.17) is 28.8 Å². The van der Waals surface area contributed by atoms with Gasteiger partial charge in [-0.3, -0.25) is 4.79 Å². The molecule has 0 aliphatic heterocycles. The van der Waals surface area contributed by atoms with Gasteiger partial charge in [-0.2, -0.15) is 0 Å².